The maximum absolute atomic E-state index is 12.3. The highest BCUT2D eigenvalue weighted by Crippen LogP contribution is 2.21. The lowest BCUT2D eigenvalue weighted by molar-refractivity contribution is -0.929. The number of hydrogen-bond donors (Lipinski definition) is 0. The second-order valence-electron chi connectivity index (χ2n) is 14.5. The van der Waals surface area contributed by atoms with E-state index < -0.39 is 8.80 Å². The van der Waals surface area contributed by atoms with Gasteiger partial charge in [-0.15, -0.1) is 0 Å². The lowest BCUT2D eigenvalue weighted by atomic mass is 10.1. The molecule has 0 atom stereocenters. The van der Waals surface area contributed by atoms with E-state index in [1.165, 1.54) is 120 Å². The molecular formula is C42H88NO7Si+. The van der Waals surface area contributed by atoms with Crippen molar-refractivity contribution in [3.63, 3.8) is 0 Å². The van der Waals surface area contributed by atoms with Crippen LogP contribution in [-0.4, -0.2) is 98.3 Å². The molecule has 0 N–H and O–H groups in total. The topological polar surface area (TPSA) is 72.5 Å². The highest BCUT2D eigenvalue weighted by Gasteiger charge is 2.39. The molecule has 0 fully saturated rings. The number of carbonyl (C=O) groups excluding carboxylic acids is 1. The van der Waals surface area contributed by atoms with E-state index in [2.05, 4.69) is 20.8 Å². The van der Waals surface area contributed by atoms with Crippen molar-refractivity contribution in [2.45, 2.75) is 189 Å². The third kappa shape index (κ3) is 30.5. The summed E-state index contributed by atoms with van der Waals surface area (Å²) < 4.78 is 36.3. The molecule has 8 nitrogen and oxygen atoms in total. The summed E-state index contributed by atoms with van der Waals surface area (Å²) in [4.78, 5) is 12.3. The first kappa shape index (κ1) is 50.4. The van der Waals surface area contributed by atoms with Gasteiger partial charge in [0.05, 0.1) is 32.8 Å². The van der Waals surface area contributed by atoms with E-state index in [4.69, 9.17) is 27.5 Å². The maximum atomic E-state index is 12.3. The third-order valence-corrected chi connectivity index (χ3v) is 13.0. The van der Waals surface area contributed by atoms with Gasteiger partial charge in [0, 0.05) is 65.1 Å². The molecule has 0 spiro atoms. The molecule has 0 heterocycles. The van der Waals surface area contributed by atoms with E-state index in [0.29, 0.717) is 39.5 Å². The van der Waals surface area contributed by atoms with E-state index in [-0.39, 0.29) is 5.97 Å². The Bertz CT molecular complexity index is 700. The fraction of sp³-hybridized carbons (Fsp3) is 0.976. The lowest BCUT2D eigenvalue weighted by Gasteiger charge is -2.39. The Morgan fingerprint density at radius 2 is 0.882 bits per heavy atom. The molecule has 51 heavy (non-hydrogen) atoms. The molecular weight excluding hydrogens is 659 g/mol. The fourth-order valence-corrected chi connectivity index (χ4v) is 9.78. The van der Waals surface area contributed by atoms with E-state index in [1.807, 2.05) is 20.8 Å². The minimum absolute atomic E-state index is 0.0514. The van der Waals surface area contributed by atoms with Crippen LogP contribution >= 0.6 is 0 Å². The Balaban J connectivity index is 3.77. The standard InChI is InChI=1S/C42H88NO7Si/c1-7-13-15-24-33-43(32-9-3,34-25-16-14-8-2)35-29-40-47-42(44)31-23-27-37-46-39-30-38-45-36-26-21-19-17-18-20-22-28-41-51(48-10-4,49-11-5)50-12-6/h7-41H2,1-6H3/q+1. The van der Waals surface area contributed by atoms with Crippen LogP contribution in [0.5, 0.6) is 0 Å². The molecule has 9 heteroatoms. The van der Waals surface area contributed by atoms with Gasteiger partial charge in [0.1, 0.15) is 0 Å². The van der Waals surface area contributed by atoms with Crippen LogP contribution in [0.25, 0.3) is 0 Å². The van der Waals surface area contributed by atoms with Crippen molar-refractivity contribution in [1.82, 2.24) is 0 Å². The van der Waals surface area contributed by atoms with Crippen molar-refractivity contribution in [2.24, 2.45) is 0 Å². The molecule has 0 amide bonds. The minimum atomic E-state index is -2.47. The number of carbonyl (C=O) groups is 1. The molecule has 0 aliphatic rings. The van der Waals surface area contributed by atoms with Gasteiger partial charge in [-0.1, -0.05) is 85.0 Å². The van der Waals surface area contributed by atoms with Crippen LogP contribution in [0.15, 0.2) is 0 Å². The van der Waals surface area contributed by atoms with Crippen molar-refractivity contribution in [1.29, 1.82) is 0 Å². The first-order chi connectivity index (χ1) is 25.0. The van der Waals surface area contributed by atoms with Crippen molar-refractivity contribution in [3.05, 3.63) is 0 Å². The maximum Gasteiger partial charge on any atom is 0.500 e. The Labute approximate surface area is 318 Å². The number of esters is 1. The number of ether oxygens (including phenoxy) is 3. The van der Waals surface area contributed by atoms with E-state index >= 15 is 0 Å². The SMILES string of the molecule is CCCCCC[N+](CCC)(CCCCCC)CCCOC(=O)CCCCOCCCOCCCCCCCCCC[Si](OCC)(OCC)OCC. The van der Waals surface area contributed by atoms with E-state index in [1.54, 1.807) is 0 Å². The summed E-state index contributed by atoms with van der Waals surface area (Å²) in [5.74, 6) is -0.0514. The summed E-state index contributed by atoms with van der Waals surface area (Å²) >= 11 is 0. The van der Waals surface area contributed by atoms with Crippen LogP contribution in [-0.2, 0) is 32.3 Å². The summed E-state index contributed by atoms with van der Waals surface area (Å²) in [6.45, 7) is 23.5. The Hall–Kier alpha value is -0.553. The molecule has 0 unspecified atom stereocenters. The van der Waals surface area contributed by atoms with Gasteiger partial charge < -0.3 is 32.0 Å². The fourth-order valence-electron chi connectivity index (χ4n) is 7.10. The summed E-state index contributed by atoms with van der Waals surface area (Å²) in [7, 11) is -2.47. The number of nitrogens with zero attached hydrogens (tertiary/aromatic N) is 1. The zero-order chi connectivity index (χ0) is 37.6. The van der Waals surface area contributed by atoms with Gasteiger partial charge in [-0.2, -0.15) is 0 Å². The van der Waals surface area contributed by atoms with Crippen molar-refractivity contribution < 1.29 is 36.8 Å². The molecule has 306 valence electrons. The molecule has 0 aliphatic carbocycles. The highest BCUT2D eigenvalue weighted by molar-refractivity contribution is 6.60. The molecule has 0 saturated heterocycles. The van der Waals surface area contributed by atoms with Crippen LogP contribution in [0.4, 0.5) is 0 Å². The molecule has 0 rings (SSSR count). The summed E-state index contributed by atoms with van der Waals surface area (Å²) in [5.41, 5.74) is 0. The van der Waals surface area contributed by atoms with Gasteiger partial charge in [-0.25, -0.2) is 0 Å². The molecule has 0 aliphatic heterocycles. The predicted molar refractivity (Wildman–Crippen MR) is 216 cm³/mol. The average Bonchev–Trinajstić information content (AvgIpc) is 3.12. The normalized spacial score (nSPS) is 12.2. The third-order valence-electron chi connectivity index (χ3n) is 9.82. The Kier molecular flexibility index (Phi) is 37.3. The van der Waals surface area contributed by atoms with Gasteiger partial charge in [0.25, 0.3) is 0 Å². The lowest BCUT2D eigenvalue weighted by Crippen LogP contribution is -2.51. The highest BCUT2D eigenvalue weighted by atomic mass is 28.4. The largest absolute Gasteiger partial charge is 0.500 e. The first-order valence-electron chi connectivity index (χ1n) is 22.0. The van der Waals surface area contributed by atoms with E-state index in [9.17, 15) is 4.79 Å². The number of unbranched alkanes of at least 4 members (excludes halogenated alkanes) is 14. The molecule has 0 aromatic heterocycles. The summed E-state index contributed by atoms with van der Waals surface area (Å²) in [6.07, 6.45) is 25.8. The summed E-state index contributed by atoms with van der Waals surface area (Å²) in [5, 5.41) is 0. The average molecular weight is 747 g/mol. The van der Waals surface area contributed by atoms with Crippen molar-refractivity contribution in [3.8, 4) is 0 Å². The zero-order valence-corrected chi connectivity index (χ0v) is 36.1. The Morgan fingerprint density at radius 1 is 0.431 bits per heavy atom. The van der Waals surface area contributed by atoms with Crippen LogP contribution in [0.1, 0.15) is 183 Å². The monoisotopic (exact) mass is 747 g/mol. The Morgan fingerprint density at radius 3 is 1.39 bits per heavy atom. The van der Waals surface area contributed by atoms with Crippen molar-refractivity contribution in [2.75, 3.05) is 79.0 Å². The van der Waals surface area contributed by atoms with Gasteiger partial charge in [-0.05, 0) is 85.0 Å². The number of hydrogen-bond acceptors (Lipinski definition) is 7. The van der Waals surface area contributed by atoms with Gasteiger partial charge in [0.15, 0.2) is 0 Å². The number of rotatable bonds is 42. The van der Waals surface area contributed by atoms with Gasteiger partial charge >= 0.3 is 14.8 Å². The summed E-state index contributed by atoms with van der Waals surface area (Å²) in [6, 6.07) is 0.930. The second kappa shape index (κ2) is 37.7. The van der Waals surface area contributed by atoms with E-state index in [0.717, 1.165) is 70.9 Å². The zero-order valence-electron chi connectivity index (χ0n) is 35.1. The van der Waals surface area contributed by atoms with Crippen molar-refractivity contribution >= 4 is 14.8 Å². The predicted octanol–water partition coefficient (Wildman–Crippen LogP) is 11.1. The molecule has 0 aromatic rings. The molecule has 0 saturated carbocycles. The number of quaternary nitrogens is 1. The van der Waals surface area contributed by atoms with Crippen LogP contribution in [0, 0.1) is 0 Å². The van der Waals surface area contributed by atoms with Crippen LogP contribution in [0.2, 0.25) is 6.04 Å². The second-order valence-corrected chi connectivity index (χ2v) is 17.3. The van der Waals surface area contributed by atoms with Gasteiger partial charge in [-0.3, -0.25) is 4.79 Å². The van der Waals surface area contributed by atoms with Crippen LogP contribution < -0.4 is 0 Å². The van der Waals surface area contributed by atoms with Crippen LogP contribution in [0.3, 0.4) is 0 Å². The molecule has 0 aromatic carbocycles. The molecule has 0 bridgehead atoms. The quantitative estimate of drug-likeness (QED) is 0.0266. The first-order valence-corrected chi connectivity index (χ1v) is 24.0. The molecule has 0 radical (unpaired) electrons. The smallest absolute Gasteiger partial charge is 0.465 e. The minimum Gasteiger partial charge on any atom is -0.465 e. The van der Waals surface area contributed by atoms with Gasteiger partial charge in [0.2, 0.25) is 0 Å².